The lowest BCUT2D eigenvalue weighted by molar-refractivity contribution is 0.0562. The number of aromatic amines is 1. The molecule has 128 valence electrons. The van der Waals surface area contributed by atoms with E-state index in [2.05, 4.69) is 20.6 Å². The fourth-order valence-corrected chi connectivity index (χ4v) is 3.18. The first-order chi connectivity index (χ1) is 12.1. The van der Waals surface area contributed by atoms with Crippen molar-refractivity contribution in [2.75, 3.05) is 19.6 Å². The molecule has 0 aliphatic carbocycles. The van der Waals surface area contributed by atoms with Crippen molar-refractivity contribution in [3.63, 3.8) is 0 Å². The van der Waals surface area contributed by atoms with Gasteiger partial charge in [0.05, 0.1) is 23.0 Å². The molecule has 1 aromatic heterocycles. The van der Waals surface area contributed by atoms with Crippen molar-refractivity contribution >= 4 is 16.9 Å². The highest BCUT2D eigenvalue weighted by molar-refractivity contribution is 5.95. The van der Waals surface area contributed by atoms with Crippen LogP contribution >= 0.6 is 0 Å². The van der Waals surface area contributed by atoms with Gasteiger partial charge >= 0.3 is 0 Å². The summed E-state index contributed by atoms with van der Waals surface area (Å²) in [5, 5.41) is 16.3. The van der Waals surface area contributed by atoms with Gasteiger partial charge in [-0.2, -0.15) is 0 Å². The molecular weight excluding hydrogens is 316 g/mol. The summed E-state index contributed by atoms with van der Waals surface area (Å²) in [6, 6.07) is 13.5. The Bertz CT molecular complexity index is 912. The number of aliphatic hydroxyl groups is 1. The largest absolute Gasteiger partial charge is 0.387 e. The van der Waals surface area contributed by atoms with Gasteiger partial charge in [-0.1, -0.05) is 18.2 Å². The lowest BCUT2D eigenvalue weighted by Crippen LogP contribution is -2.44. The molecule has 1 atom stereocenters. The summed E-state index contributed by atoms with van der Waals surface area (Å²) in [7, 11) is 0. The van der Waals surface area contributed by atoms with Gasteiger partial charge in [-0.15, -0.1) is 0 Å². The highest BCUT2D eigenvalue weighted by Gasteiger charge is 2.31. The fraction of sp³-hybridized carbons (Fsp3) is 0.263. The van der Waals surface area contributed by atoms with Crippen LogP contribution in [0.5, 0.6) is 0 Å². The predicted molar refractivity (Wildman–Crippen MR) is 96.3 cm³/mol. The quantitative estimate of drug-likeness (QED) is 0.584. The number of rotatable bonds is 4. The molecule has 1 aliphatic heterocycles. The molecule has 1 aliphatic rings. The molecule has 3 aromatic rings. The molecule has 4 N–H and O–H groups in total. The molecule has 0 saturated carbocycles. The third-order valence-electron chi connectivity index (χ3n) is 4.68. The summed E-state index contributed by atoms with van der Waals surface area (Å²) in [6.45, 7) is 1.54. The van der Waals surface area contributed by atoms with Crippen molar-refractivity contribution in [3.8, 4) is 11.1 Å². The van der Waals surface area contributed by atoms with E-state index in [-0.39, 0.29) is 12.5 Å². The molecule has 2 heterocycles. The summed E-state index contributed by atoms with van der Waals surface area (Å²) < 4.78 is 0. The number of imidazole rings is 1. The van der Waals surface area contributed by atoms with Crippen molar-refractivity contribution in [1.82, 2.24) is 20.6 Å². The van der Waals surface area contributed by atoms with Gasteiger partial charge in [-0.3, -0.25) is 4.79 Å². The molecule has 0 bridgehead atoms. The molecule has 1 amide bonds. The van der Waals surface area contributed by atoms with Crippen LogP contribution in [0.25, 0.3) is 22.2 Å². The number of fused-ring (bicyclic) bond motifs is 1. The Morgan fingerprint density at radius 1 is 1.24 bits per heavy atom. The third-order valence-corrected chi connectivity index (χ3v) is 4.68. The lowest BCUT2D eigenvalue weighted by atomic mass is 10.0. The van der Waals surface area contributed by atoms with Gasteiger partial charge in [0.2, 0.25) is 0 Å². The number of carbonyl (C=O) groups is 1. The molecule has 0 spiro atoms. The number of nitrogens with one attached hydrogen (secondary N) is 3. The summed E-state index contributed by atoms with van der Waals surface area (Å²) in [6.07, 6.45) is 2.32. The van der Waals surface area contributed by atoms with Crippen molar-refractivity contribution in [2.45, 2.75) is 12.0 Å². The maximum Gasteiger partial charge on any atom is 0.251 e. The number of β-amino-alcohol motifs (C(OH)–C–C–N with tert-alkyl or cyclic N) is 1. The van der Waals surface area contributed by atoms with Crippen LogP contribution in [0.15, 0.2) is 48.8 Å². The predicted octanol–water partition coefficient (Wildman–Crippen LogP) is 1.68. The van der Waals surface area contributed by atoms with E-state index in [9.17, 15) is 9.90 Å². The summed E-state index contributed by atoms with van der Waals surface area (Å²) in [4.78, 5) is 19.8. The van der Waals surface area contributed by atoms with Crippen LogP contribution in [0.1, 0.15) is 16.8 Å². The zero-order valence-corrected chi connectivity index (χ0v) is 13.7. The standard InChI is InChI=1S/C19H20N4O2/c24-18(21-11-19(25)6-7-20-10-19)15-3-1-2-13(8-15)14-4-5-16-17(9-14)23-12-22-16/h1-5,8-9,12,20,25H,6-7,10-11H2,(H,21,24)(H,22,23). The minimum absolute atomic E-state index is 0.176. The number of hydrogen-bond acceptors (Lipinski definition) is 4. The van der Waals surface area contributed by atoms with Gasteiger partial charge in [-0.25, -0.2) is 4.98 Å². The number of hydrogen-bond donors (Lipinski definition) is 4. The maximum absolute atomic E-state index is 12.4. The Morgan fingerprint density at radius 3 is 2.96 bits per heavy atom. The van der Waals surface area contributed by atoms with Gasteiger partial charge in [-0.05, 0) is 48.4 Å². The first-order valence-electron chi connectivity index (χ1n) is 8.38. The van der Waals surface area contributed by atoms with E-state index in [1.54, 1.807) is 12.4 Å². The Labute approximate surface area is 145 Å². The SMILES string of the molecule is O=C(NCC1(O)CCNC1)c1cccc(-c2ccc3nc[nH]c3c2)c1. The highest BCUT2D eigenvalue weighted by Crippen LogP contribution is 2.24. The molecule has 1 saturated heterocycles. The normalized spacial score (nSPS) is 20.0. The van der Waals surface area contributed by atoms with Crippen LogP contribution in [-0.2, 0) is 0 Å². The summed E-state index contributed by atoms with van der Waals surface area (Å²) in [5.74, 6) is -0.176. The molecule has 4 rings (SSSR count). The minimum atomic E-state index is -0.848. The number of amides is 1. The van der Waals surface area contributed by atoms with E-state index < -0.39 is 5.60 Å². The molecule has 0 radical (unpaired) electrons. The van der Waals surface area contributed by atoms with Crippen molar-refractivity contribution in [3.05, 3.63) is 54.4 Å². The molecule has 2 aromatic carbocycles. The van der Waals surface area contributed by atoms with E-state index in [0.29, 0.717) is 18.5 Å². The topological polar surface area (TPSA) is 90.0 Å². The summed E-state index contributed by atoms with van der Waals surface area (Å²) >= 11 is 0. The van der Waals surface area contributed by atoms with Crippen LogP contribution in [0.2, 0.25) is 0 Å². The van der Waals surface area contributed by atoms with Crippen LogP contribution in [-0.4, -0.2) is 46.2 Å². The zero-order valence-electron chi connectivity index (χ0n) is 13.7. The fourth-order valence-electron chi connectivity index (χ4n) is 3.18. The number of H-pyrrole nitrogens is 1. The van der Waals surface area contributed by atoms with Gasteiger partial charge in [0.15, 0.2) is 0 Å². The van der Waals surface area contributed by atoms with Gasteiger partial charge < -0.3 is 20.7 Å². The van der Waals surface area contributed by atoms with Crippen LogP contribution in [0.3, 0.4) is 0 Å². The highest BCUT2D eigenvalue weighted by atomic mass is 16.3. The Morgan fingerprint density at radius 2 is 2.12 bits per heavy atom. The number of nitrogens with zero attached hydrogens (tertiary/aromatic N) is 1. The Balaban J connectivity index is 1.53. The number of carbonyl (C=O) groups excluding carboxylic acids is 1. The molecule has 1 unspecified atom stereocenters. The van der Waals surface area contributed by atoms with E-state index in [1.807, 2.05) is 36.4 Å². The third kappa shape index (κ3) is 3.26. The molecular formula is C19H20N4O2. The van der Waals surface area contributed by atoms with Gasteiger partial charge in [0, 0.05) is 18.7 Å². The van der Waals surface area contributed by atoms with E-state index in [4.69, 9.17) is 0 Å². The minimum Gasteiger partial charge on any atom is -0.387 e. The first-order valence-corrected chi connectivity index (χ1v) is 8.38. The maximum atomic E-state index is 12.4. The van der Waals surface area contributed by atoms with Crippen molar-refractivity contribution in [1.29, 1.82) is 0 Å². The monoisotopic (exact) mass is 336 g/mol. The molecule has 25 heavy (non-hydrogen) atoms. The second-order valence-corrected chi connectivity index (χ2v) is 6.55. The Hall–Kier alpha value is -2.70. The molecule has 6 heteroatoms. The Kier molecular flexibility index (Phi) is 3.99. The van der Waals surface area contributed by atoms with Crippen LogP contribution in [0, 0.1) is 0 Å². The second-order valence-electron chi connectivity index (χ2n) is 6.55. The molecule has 1 fully saturated rings. The van der Waals surface area contributed by atoms with Crippen LogP contribution < -0.4 is 10.6 Å². The second kappa shape index (κ2) is 6.31. The van der Waals surface area contributed by atoms with Gasteiger partial charge in [0.1, 0.15) is 0 Å². The molecule has 6 nitrogen and oxygen atoms in total. The number of benzene rings is 2. The van der Waals surface area contributed by atoms with E-state index >= 15 is 0 Å². The summed E-state index contributed by atoms with van der Waals surface area (Å²) in [5.41, 5.74) is 3.59. The van der Waals surface area contributed by atoms with Crippen molar-refractivity contribution < 1.29 is 9.90 Å². The average molecular weight is 336 g/mol. The van der Waals surface area contributed by atoms with Crippen molar-refractivity contribution in [2.24, 2.45) is 0 Å². The first kappa shape index (κ1) is 15.8. The van der Waals surface area contributed by atoms with Gasteiger partial charge in [0.25, 0.3) is 5.91 Å². The zero-order chi connectivity index (χ0) is 17.3. The smallest absolute Gasteiger partial charge is 0.251 e. The van der Waals surface area contributed by atoms with E-state index in [0.717, 1.165) is 28.7 Å². The average Bonchev–Trinajstić information content (AvgIpc) is 3.28. The lowest BCUT2D eigenvalue weighted by Gasteiger charge is -2.21. The van der Waals surface area contributed by atoms with E-state index in [1.165, 1.54) is 0 Å². The van der Waals surface area contributed by atoms with Crippen LogP contribution in [0.4, 0.5) is 0 Å². The number of aromatic nitrogens is 2.